The standard InChI is InChI=1S/C22H22N4O4S/c1-28-6-7-29-8-9-30-20-15(12-23)13-24-18-5-2-14(10-17(18)20)11-19-21(27)26-22(31-19)25-16-3-4-16/h2,5,10-11,13,16H,3-4,6-9H2,1H3,(H,25,26,27). The molecule has 1 aliphatic carbocycles. The summed E-state index contributed by atoms with van der Waals surface area (Å²) < 4.78 is 16.3. The maximum absolute atomic E-state index is 12.3. The van der Waals surface area contributed by atoms with Crippen LogP contribution in [0.3, 0.4) is 0 Å². The van der Waals surface area contributed by atoms with Gasteiger partial charge in [0.1, 0.15) is 24.0 Å². The van der Waals surface area contributed by atoms with Crippen molar-refractivity contribution in [2.75, 3.05) is 33.5 Å². The van der Waals surface area contributed by atoms with Gasteiger partial charge in [-0.3, -0.25) is 14.8 Å². The summed E-state index contributed by atoms with van der Waals surface area (Å²) in [6, 6.07) is 8.08. The average Bonchev–Trinajstić information content (AvgIpc) is 3.52. The minimum atomic E-state index is -0.155. The molecule has 31 heavy (non-hydrogen) atoms. The Labute approximate surface area is 184 Å². The Kier molecular flexibility index (Phi) is 6.82. The number of carbonyl (C=O) groups excluding carboxylic acids is 1. The summed E-state index contributed by atoms with van der Waals surface area (Å²) in [5.74, 6) is 0.306. The molecule has 1 saturated heterocycles. The number of aromatic nitrogens is 1. The zero-order chi connectivity index (χ0) is 21.6. The van der Waals surface area contributed by atoms with Gasteiger partial charge in [0.05, 0.1) is 36.3 Å². The van der Waals surface area contributed by atoms with Crippen LogP contribution in [0.25, 0.3) is 17.0 Å². The predicted molar refractivity (Wildman–Crippen MR) is 119 cm³/mol. The number of pyridine rings is 1. The molecule has 1 aliphatic heterocycles. The Morgan fingerprint density at radius 1 is 1.32 bits per heavy atom. The monoisotopic (exact) mass is 438 g/mol. The molecule has 1 saturated carbocycles. The van der Waals surface area contributed by atoms with Gasteiger partial charge in [-0.15, -0.1) is 0 Å². The molecular formula is C22H22N4O4S. The SMILES string of the molecule is COCCOCCOc1c(C#N)cnc2ccc(C=C3SC(=NC4CC4)NC3=O)cc12. The number of amides is 1. The first-order chi connectivity index (χ1) is 15.2. The molecule has 4 rings (SSSR count). The van der Waals surface area contributed by atoms with Crippen LogP contribution in [0, 0.1) is 11.3 Å². The van der Waals surface area contributed by atoms with Gasteiger partial charge < -0.3 is 19.5 Å². The third-order valence-electron chi connectivity index (χ3n) is 4.66. The molecular weight excluding hydrogens is 416 g/mol. The highest BCUT2D eigenvalue weighted by molar-refractivity contribution is 8.18. The number of nitriles is 1. The lowest BCUT2D eigenvalue weighted by atomic mass is 10.1. The Morgan fingerprint density at radius 3 is 2.94 bits per heavy atom. The second-order valence-corrected chi connectivity index (χ2v) is 8.10. The summed E-state index contributed by atoms with van der Waals surface area (Å²) in [6.45, 7) is 1.66. The van der Waals surface area contributed by atoms with Crippen LogP contribution < -0.4 is 10.1 Å². The molecule has 2 aliphatic rings. The third-order valence-corrected chi connectivity index (χ3v) is 5.59. The van der Waals surface area contributed by atoms with Gasteiger partial charge in [0.25, 0.3) is 5.91 Å². The van der Waals surface area contributed by atoms with E-state index in [1.54, 1.807) is 7.11 Å². The Bertz CT molecular complexity index is 1090. The van der Waals surface area contributed by atoms with Crippen LogP contribution in [0.4, 0.5) is 0 Å². The van der Waals surface area contributed by atoms with Crippen molar-refractivity contribution in [2.24, 2.45) is 4.99 Å². The van der Waals surface area contributed by atoms with E-state index in [9.17, 15) is 10.1 Å². The fraction of sp³-hybridized carbons (Fsp3) is 0.364. The number of thioether (sulfide) groups is 1. The van der Waals surface area contributed by atoms with E-state index in [0.717, 1.165) is 18.4 Å². The lowest BCUT2D eigenvalue weighted by Gasteiger charge is -2.11. The normalized spacial score (nSPS) is 18.5. The van der Waals surface area contributed by atoms with Crippen LogP contribution in [0.1, 0.15) is 24.0 Å². The Hall–Kier alpha value is -2.93. The number of aliphatic imine (C=N–C) groups is 1. The molecule has 1 N–H and O–H groups in total. The van der Waals surface area contributed by atoms with Gasteiger partial charge in [-0.2, -0.15) is 5.26 Å². The first-order valence-electron chi connectivity index (χ1n) is 9.99. The summed E-state index contributed by atoms with van der Waals surface area (Å²) >= 11 is 1.35. The number of ether oxygens (including phenoxy) is 3. The zero-order valence-corrected chi connectivity index (χ0v) is 17.9. The summed E-state index contributed by atoms with van der Waals surface area (Å²) in [5.41, 5.74) is 1.87. The lowest BCUT2D eigenvalue weighted by molar-refractivity contribution is -0.115. The van der Waals surface area contributed by atoms with E-state index in [0.29, 0.717) is 64.8 Å². The number of methoxy groups -OCH3 is 1. The van der Waals surface area contributed by atoms with E-state index < -0.39 is 0 Å². The van der Waals surface area contributed by atoms with Gasteiger partial charge in [0.2, 0.25) is 0 Å². The van der Waals surface area contributed by atoms with Crippen LogP contribution in [-0.4, -0.2) is 55.6 Å². The first-order valence-corrected chi connectivity index (χ1v) is 10.8. The van der Waals surface area contributed by atoms with E-state index in [-0.39, 0.29) is 5.91 Å². The average molecular weight is 439 g/mol. The van der Waals surface area contributed by atoms with E-state index in [1.807, 2.05) is 24.3 Å². The van der Waals surface area contributed by atoms with Crippen LogP contribution in [0.15, 0.2) is 34.3 Å². The number of amidine groups is 1. The van der Waals surface area contributed by atoms with Gasteiger partial charge in [0.15, 0.2) is 5.17 Å². The molecule has 0 bridgehead atoms. The molecule has 0 radical (unpaired) electrons. The molecule has 2 aromatic rings. The molecule has 2 fully saturated rings. The van der Waals surface area contributed by atoms with E-state index >= 15 is 0 Å². The summed E-state index contributed by atoms with van der Waals surface area (Å²) in [4.78, 5) is 21.7. The van der Waals surface area contributed by atoms with E-state index in [2.05, 4.69) is 21.4 Å². The van der Waals surface area contributed by atoms with Gasteiger partial charge in [0, 0.05) is 18.7 Å². The highest BCUT2D eigenvalue weighted by atomic mass is 32.2. The molecule has 1 aromatic carbocycles. The minimum absolute atomic E-state index is 0.155. The van der Waals surface area contributed by atoms with Crippen molar-refractivity contribution in [1.29, 1.82) is 5.26 Å². The topological polar surface area (TPSA) is 106 Å². The number of fused-ring (bicyclic) bond motifs is 1. The number of rotatable bonds is 9. The summed E-state index contributed by atoms with van der Waals surface area (Å²) in [6.07, 6.45) is 5.48. The van der Waals surface area contributed by atoms with Crippen molar-refractivity contribution in [3.05, 3.63) is 40.4 Å². The van der Waals surface area contributed by atoms with E-state index in [4.69, 9.17) is 14.2 Å². The summed E-state index contributed by atoms with van der Waals surface area (Å²) in [7, 11) is 1.61. The van der Waals surface area contributed by atoms with Crippen LogP contribution in [0.5, 0.6) is 5.75 Å². The molecule has 160 valence electrons. The van der Waals surface area contributed by atoms with Crippen molar-refractivity contribution in [3.8, 4) is 11.8 Å². The number of benzene rings is 1. The maximum atomic E-state index is 12.3. The van der Waals surface area contributed by atoms with Crippen LogP contribution in [-0.2, 0) is 14.3 Å². The van der Waals surface area contributed by atoms with Crippen molar-refractivity contribution in [1.82, 2.24) is 10.3 Å². The van der Waals surface area contributed by atoms with Gasteiger partial charge in [-0.05, 0) is 48.4 Å². The zero-order valence-electron chi connectivity index (χ0n) is 17.1. The van der Waals surface area contributed by atoms with Crippen molar-refractivity contribution < 1.29 is 19.0 Å². The number of nitrogens with zero attached hydrogens (tertiary/aromatic N) is 3. The van der Waals surface area contributed by atoms with Crippen LogP contribution >= 0.6 is 11.8 Å². The minimum Gasteiger partial charge on any atom is -0.489 e. The van der Waals surface area contributed by atoms with Crippen molar-refractivity contribution >= 4 is 39.8 Å². The fourth-order valence-corrected chi connectivity index (χ4v) is 3.86. The molecule has 1 amide bonds. The molecule has 2 heterocycles. The number of nitrogens with one attached hydrogen (secondary N) is 1. The predicted octanol–water partition coefficient (Wildman–Crippen LogP) is 2.87. The fourth-order valence-electron chi connectivity index (χ4n) is 2.97. The molecule has 0 atom stereocenters. The lowest BCUT2D eigenvalue weighted by Crippen LogP contribution is -2.20. The molecule has 9 heteroatoms. The van der Waals surface area contributed by atoms with Gasteiger partial charge in [-0.25, -0.2) is 0 Å². The van der Waals surface area contributed by atoms with E-state index in [1.165, 1.54) is 18.0 Å². The second kappa shape index (κ2) is 9.92. The smallest absolute Gasteiger partial charge is 0.264 e. The van der Waals surface area contributed by atoms with Gasteiger partial charge >= 0.3 is 0 Å². The maximum Gasteiger partial charge on any atom is 0.264 e. The quantitative estimate of drug-likeness (QED) is 0.474. The Morgan fingerprint density at radius 2 is 2.16 bits per heavy atom. The van der Waals surface area contributed by atoms with Crippen molar-refractivity contribution in [2.45, 2.75) is 18.9 Å². The third kappa shape index (κ3) is 5.41. The number of hydrogen-bond donors (Lipinski definition) is 1. The second-order valence-electron chi connectivity index (χ2n) is 7.07. The van der Waals surface area contributed by atoms with Gasteiger partial charge in [-0.1, -0.05) is 6.07 Å². The highest BCUT2D eigenvalue weighted by Crippen LogP contribution is 2.33. The molecule has 1 aromatic heterocycles. The van der Waals surface area contributed by atoms with Crippen LogP contribution in [0.2, 0.25) is 0 Å². The summed E-state index contributed by atoms with van der Waals surface area (Å²) in [5, 5.41) is 13.7. The number of hydrogen-bond acceptors (Lipinski definition) is 8. The molecule has 0 spiro atoms. The van der Waals surface area contributed by atoms with Crippen molar-refractivity contribution in [3.63, 3.8) is 0 Å². The largest absolute Gasteiger partial charge is 0.489 e. The first kappa shape index (κ1) is 21.3. The molecule has 8 nitrogen and oxygen atoms in total. The Balaban J connectivity index is 1.55. The molecule has 0 unspecified atom stereocenters. The number of carbonyl (C=O) groups is 1. The highest BCUT2D eigenvalue weighted by Gasteiger charge is 2.28.